The first-order valence-corrected chi connectivity index (χ1v) is 9.98. The van der Waals surface area contributed by atoms with Gasteiger partial charge in [0.2, 0.25) is 5.88 Å². The standard InChI is InChI=1S/C20H16ClF3N2O2S/c1-27-12-5-3-11(4-6-12)10-28-16-9-15(25-20(26-16)29-2)17-13(19(23)24)7-8-14(21)18(17)22/h3-9,19H,10H2,1-2H3. The van der Waals surface area contributed by atoms with Crippen molar-refractivity contribution in [3.63, 3.8) is 0 Å². The number of methoxy groups -OCH3 is 1. The molecular formula is C20H16ClF3N2O2S. The van der Waals surface area contributed by atoms with Gasteiger partial charge in [0.15, 0.2) is 11.0 Å². The van der Waals surface area contributed by atoms with Crippen LogP contribution in [0.1, 0.15) is 17.6 Å². The fraction of sp³-hybridized carbons (Fsp3) is 0.200. The number of benzene rings is 2. The number of hydrogen-bond acceptors (Lipinski definition) is 5. The molecule has 0 aliphatic rings. The van der Waals surface area contributed by atoms with Gasteiger partial charge in [-0.1, -0.05) is 41.6 Å². The summed E-state index contributed by atoms with van der Waals surface area (Å²) in [5.41, 5.74) is -0.0403. The fourth-order valence-electron chi connectivity index (χ4n) is 2.58. The van der Waals surface area contributed by atoms with Crippen molar-refractivity contribution in [1.82, 2.24) is 9.97 Å². The second-order valence-electron chi connectivity index (χ2n) is 5.84. The second-order valence-corrected chi connectivity index (χ2v) is 7.02. The average molecular weight is 441 g/mol. The molecule has 2 aromatic carbocycles. The minimum Gasteiger partial charge on any atom is -0.497 e. The first-order chi connectivity index (χ1) is 13.9. The molecule has 0 fully saturated rings. The summed E-state index contributed by atoms with van der Waals surface area (Å²) >= 11 is 6.99. The normalized spacial score (nSPS) is 11.0. The van der Waals surface area contributed by atoms with Crippen LogP contribution in [0.25, 0.3) is 11.3 Å². The summed E-state index contributed by atoms with van der Waals surface area (Å²) in [5.74, 6) is -0.121. The van der Waals surface area contributed by atoms with Gasteiger partial charge in [0, 0.05) is 17.2 Å². The predicted octanol–water partition coefficient (Wildman–Crippen LogP) is 6.18. The molecule has 0 bridgehead atoms. The number of aromatic nitrogens is 2. The van der Waals surface area contributed by atoms with Crippen LogP contribution in [-0.4, -0.2) is 23.3 Å². The number of thioether (sulfide) groups is 1. The van der Waals surface area contributed by atoms with E-state index in [1.165, 1.54) is 17.8 Å². The first kappa shape index (κ1) is 21.3. The Kier molecular flexibility index (Phi) is 6.87. The maximum Gasteiger partial charge on any atom is 0.264 e. The summed E-state index contributed by atoms with van der Waals surface area (Å²) < 4.78 is 52.3. The Balaban J connectivity index is 1.96. The molecule has 0 unspecified atom stereocenters. The highest BCUT2D eigenvalue weighted by atomic mass is 35.5. The van der Waals surface area contributed by atoms with Crippen LogP contribution in [0.2, 0.25) is 5.02 Å². The van der Waals surface area contributed by atoms with E-state index in [2.05, 4.69) is 9.97 Å². The van der Waals surface area contributed by atoms with E-state index in [0.29, 0.717) is 5.75 Å². The number of nitrogens with zero attached hydrogens (tertiary/aromatic N) is 2. The van der Waals surface area contributed by atoms with E-state index in [4.69, 9.17) is 21.1 Å². The second kappa shape index (κ2) is 9.37. The summed E-state index contributed by atoms with van der Waals surface area (Å²) in [6.45, 7) is 0.175. The van der Waals surface area contributed by atoms with Gasteiger partial charge in [0.25, 0.3) is 6.43 Å². The van der Waals surface area contributed by atoms with Gasteiger partial charge in [-0.05, 0) is 30.0 Å². The highest BCUT2D eigenvalue weighted by Gasteiger charge is 2.22. The lowest BCUT2D eigenvalue weighted by Gasteiger charge is -2.13. The van der Waals surface area contributed by atoms with E-state index >= 15 is 0 Å². The molecule has 0 saturated heterocycles. The molecule has 4 nitrogen and oxygen atoms in total. The molecule has 152 valence electrons. The van der Waals surface area contributed by atoms with Crippen molar-refractivity contribution < 1.29 is 22.6 Å². The van der Waals surface area contributed by atoms with E-state index in [9.17, 15) is 13.2 Å². The van der Waals surface area contributed by atoms with Crippen LogP contribution < -0.4 is 9.47 Å². The molecule has 0 aliphatic carbocycles. The molecular weight excluding hydrogens is 425 g/mol. The summed E-state index contributed by atoms with van der Waals surface area (Å²) in [7, 11) is 1.57. The quantitative estimate of drug-likeness (QED) is 0.324. The van der Waals surface area contributed by atoms with Crippen LogP contribution in [0.5, 0.6) is 11.6 Å². The van der Waals surface area contributed by atoms with Crippen LogP contribution in [-0.2, 0) is 6.61 Å². The summed E-state index contributed by atoms with van der Waals surface area (Å²) in [5, 5.41) is -0.0127. The monoisotopic (exact) mass is 440 g/mol. The van der Waals surface area contributed by atoms with Crippen molar-refractivity contribution >= 4 is 23.4 Å². The molecule has 29 heavy (non-hydrogen) atoms. The van der Waals surface area contributed by atoms with Gasteiger partial charge in [0.05, 0.1) is 17.8 Å². The largest absolute Gasteiger partial charge is 0.497 e. The molecule has 0 spiro atoms. The van der Waals surface area contributed by atoms with Gasteiger partial charge in [-0.2, -0.15) is 4.98 Å². The molecule has 0 radical (unpaired) electrons. The van der Waals surface area contributed by atoms with Gasteiger partial charge in [0.1, 0.15) is 12.4 Å². The van der Waals surface area contributed by atoms with E-state index in [1.807, 2.05) is 12.1 Å². The smallest absolute Gasteiger partial charge is 0.264 e. The zero-order valence-corrected chi connectivity index (χ0v) is 17.0. The van der Waals surface area contributed by atoms with Crippen molar-refractivity contribution in [2.45, 2.75) is 18.2 Å². The minimum absolute atomic E-state index is 0.0237. The van der Waals surface area contributed by atoms with Gasteiger partial charge >= 0.3 is 0 Å². The first-order valence-electron chi connectivity index (χ1n) is 8.38. The minimum atomic E-state index is -2.90. The Labute approximate surface area is 175 Å². The van der Waals surface area contributed by atoms with Crippen LogP contribution in [0, 0.1) is 5.82 Å². The van der Waals surface area contributed by atoms with E-state index in [0.717, 1.165) is 17.7 Å². The van der Waals surface area contributed by atoms with Gasteiger partial charge in [-0.25, -0.2) is 18.2 Å². The molecule has 0 aliphatic heterocycles. The molecule has 9 heteroatoms. The maximum absolute atomic E-state index is 14.6. The van der Waals surface area contributed by atoms with Crippen LogP contribution in [0.4, 0.5) is 13.2 Å². The zero-order chi connectivity index (χ0) is 21.0. The maximum atomic E-state index is 14.6. The van der Waals surface area contributed by atoms with Gasteiger partial charge in [-0.15, -0.1) is 0 Å². The predicted molar refractivity (Wildman–Crippen MR) is 107 cm³/mol. The lowest BCUT2D eigenvalue weighted by atomic mass is 10.0. The van der Waals surface area contributed by atoms with Crippen LogP contribution in [0.15, 0.2) is 47.6 Å². The van der Waals surface area contributed by atoms with Crippen molar-refractivity contribution in [1.29, 1.82) is 0 Å². The Bertz CT molecular complexity index is 1000. The third kappa shape index (κ3) is 4.94. The summed E-state index contributed by atoms with van der Waals surface area (Å²) in [6.07, 6.45) is -1.18. The Hall–Kier alpha value is -2.45. The van der Waals surface area contributed by atoms with Crippen molar-refractivity contribution in [3.8, 4) is 22.9 Å². The number of alkyl halides is 2. The third-order valence-electron chi connectivity index (χ3n) is 4.03. The molecule has 3 rings (SSSR count). The Morgan fingerprint density at radius 3 is 2.45 bits per heavy atom. The number of halogens is 4. The molecule has 3 aromatic rings. The molecule has 1 heterocycles. The summed E-state index contributed by atoms with van der Waals surface area (Å²) in [4.78, 5) is 8.38. The van der Waals surface area contributed by atoms with Crippen molar-refractivity contribution in [3.05, 3.63) is 64.4 Å². The SMILES string of the molecule is COc1ccc(COc2cc(-c3c(C(F)F)ccc(Cl)c3F)nc(SC)n2)cc1. The Morgan fingerprint density at radius 1 is 1.10 bits per heavy atom. The molecule has 0 atom stereocenters. The number of rotatable bonds is 7. The molecule has 1 aromatic heterocycles. The zero-order valence-electron chi connectivity index (χ0n) is 15.5. The topological polar surface area (TPSA) is 44.2 Å². The third-order valence-corrected chi connectivity index (χ3v) is 4.87. The molecule has 0 saturated carbocycles. The highest BCUT2D eigenvalue weighted by molar-refractivity contribution is 7.98. The van der Waals surface area contributed by atoms with Gasteiger partial charge < -0.3 is 9.47 Å². The van der Waals surface area contributed by atoms with E-state index < -0.39 is 17.8 Å². The number of hydrogen-bond donors (Lipinski definition) is 0. The lowest BCUT2D eigenvalue weighted by molar-refractivity contribution is 0.151. The average Bonchev–Trinajstić information content (AvgIpc) is 2.73. The van der Waals surface area contributed by atoms with Crippen molar-refractivity contribution in [2.24, 2.45) is 0 Å². The molecule has 0 amide bonds. The van der Waals surface area contributed by atoms with E-state index in [-0.39, 0.29) is 33.9 Å². The van der Waals surface area contributed by atoms with Crippen LogP contribution in [0.3, 0.4) is 0 Å². The van der Waals surface area contributed by atoms with Crippen molar-refractivity contribution in [2.75, 3.05) is 13.4 Å². The summed E-state index contributed by atoms with van der Waals surface area (Å²) in [6, 6.07) is 10.7. The number of ether oxygens (including phenoxy) is 2. The van der Waals surface area contributed by atoms with E-state index in [1.54, 1.807) is 25.5 Å². The van der Waals surface area contributed by atoms with Crippen LogP contribution >= 0.6 is 23.4 Å². The lowest BCUT2D eigenvalue weighted by Crippen LogP contribution is -2.02. The Morgan fingerprint density at radius 2 is 1.83 bits per heavy atom. The highest BCUT2D eigenvalue weighted by Crippen LogP contribution is 2.37. The molecule has 0 N–H and O–H groups in total. The van der Waals surface area contributed by atoms with Gasteiger partial charge in [-0.3, -0.25) is 0 Å². The fourth-order valence-corrected chi connectivity index (χ4v) is 3.11.